The molecule has 14 nitrogen and oxygen atoms in total. The number of benzene rings is 3. The Morgan fingerprint density at radius 2 is 0.613 bits per heavy atom. The quantitative estimate of drug-likeness (QED) is 0.0509. The molecule has 348 valence electrons. The molecule has 0 bridgehead atoms. The second-order valence-corrected chi connectivity index (χ2v) is 14.0. The maximum Gasteiger partial charge on any atom is 0.157 e. The lowest BCUT2D eigenvalue weighted by Crippen LogP contribution is -2.34. The van der Waals surface area contributed by atoms with Gasteiger partial charge in [0.15, 0.2) is 6.29 Å². The fraction of sp³-hybridized carbons (Fsp3) is 0.625. The maximum absolute atomic E-state index is 6.74. The van der Waals surface area contributed by atoms with Crippen molar-refractivity contribution in [3.8, 4) is 0 Å². The highest BCUT2D eigenvalue weighted by molar-refractivity contribution is 5.47. The molecule has 1 saturated heterocycles. The number of hydrogen-bond acceptors (Lipinski definition) is 14. The molecule has 1 aliphatic rings. The van der Waals surface area contributed by atoms with E-state index in [2.05, 4.69) is 36.4 Å². The smallest absolute Gasteiger partial charge is 0.157 e. The molecule has 0 amide bonds. The number of hydrogen-bond donors (Lipinski definition) is 0. The van der Waals surface area contributed by atoms with E-state index in [9.17, 15) is 0 Å². The molecule has 0 aliphatic carbocycles. The second kappa shape index (κ2) is 36.4. The van der Waals surface area contributed by atoms with Gasteiger partial charge in [-0.05, 0) is 36.0 Å². The van der Waals surface area contributed by atoms with E-state index in [1.54, 1.807) is 0 Å². The molecule has 0 aromatic heterocycles. The van der Waals surface area contributed by atoms with Crippen LogP contribution in [0.4, 0.5) is 0 Å². The van der Waals surface area contributed by atoms with Crippen molar-refractivity contribution in [2.24, 2.45) is 0 Å². The summed E-state index contributed by atoms with van der Waals surface area (Å²) in [4.78, 5) is 0. The Morgan fingerprint density at radius 3 is 0.887 bits per heavy atom. The molecular weight excluding hydrogens is 801 g/mol. The molecule has 1 fully saturated rings. The van der Waals surface area contributed by atoms with Crippen LogP contribution in [0, 0.1) is 0 Å². The van der Waals surface area contributed by atoms with Gasteiger partial charge in [-0.2, -0.15) is 0 Å². The standard InChI is InChI=1S/C48H72O14/c1-4-12-44(13-5-1)48(45-14-6-2-7-15-45,46-16-8-3-9-17-46)62-43-41-59-39-37-57-35-33-55-31-29-53-27-25-51-23-21-49-20-22-50-24-26-52-28-30-54-32-34-56-36-38-58-40-42-61-47-18-10-11-19-60-47/h1-9,12-17,47H,10-11,18-43H2. The minimum Gasteiger partial charge on any atom is -0.377 e. The Kier molecular flexibility index (Phi) is 30.4. The van der Waals surface area contributed by atoms with Crippen LogP contribution in [0.5, 0.6) is 0 Å². The van der Waals surface area contributed by atoms with E-state index in [1.807, 2.05) is 54.6 Å². The Labute approximate surface area is 369 Å². The maximum atomic E-state index is 6.74. The predicted octanol–water partition coefficient (Wildman–Crippen LogP) is 5.72. The zero-order chi connectivity index (χ0) is 43.1. The lowest BCUT2D eigenvalue weighted by atomic mass is 9.80. The van der Waals surface area contributed by atoms with E-state index in [1.165, 1.54) is 0 Å². The van der Waals surface area contributed by atoms with Crippen molar-refractivity contribution in [2.45, 2.75) is 31.2 Å². The van der Waals surface area contributed by atoms with Gasteiger partial charge in [0, 0.05) is 6.61 Å². The fourth-order valence-corrected chi connectivity index (χ4v) is 6.40. The monoisotopic (exact) mass is 872 g/mol. The van der Waals surface area contributed by atoms with Crippen LogP contribution in [0.2, 0.25) is 0 Å². The summed E-state index contributed by atoms with van der Waals surface area (Å²) in [5.74, 6) is 0. The summed E-state index contributed by atoms with van der Waals surface area (Å²) in [5, 5.41) is 0. The molecule has 0 N–H and O–H groups in total. The van der Waals surface area contributed by atoms with E-state index in [-0.39, 0.29) is 6.29 Å². The summed E-state index contributed by atoms with van der Waals surface area (Å²) in [6, 6.07) is 31.0. The van der Waals surface area contributed by atoms with Crippen molar-refractivity contribution in [1.82, 2.24) is 0 Å². The van der Waals surface area contributed by atoms with Gasteiger partial charge in [-0.1, -0.05) is 91.0 Å². The minimum absolute atomic E-state index is 0.0709. The van der Waals surface area contributed by atoms with E-state index in [4.69, 9.17) is 66.3 Å². The highest BCUT2D eigenvalue weighted by Gasteiger charge is 2.37. The molecule has 1 aliphatic heterocycles. The van der Waals surface area contributed by atoms with Crippen molar-refractivity contribution < 1.29 is 66.3 Å². The summed E-state index contributed by atoms with van der Waals surface area (Å²) in [5.41, 5.74) is 2.44. The lowest BCUT2D eigenvalue weighted by molar-refractivity contribution is -0.169. The molecule has 0 spiro atoms. The molecular formula is C48H72O14. The molecule has 14 heteroatoms. The fourth-order valence-electron chi connectivity index (χ4n) is 6.40. The van der Waals surface area contributed by atoms with Crippen molar-refractivity contribution in [2.75, 3.05) is 165 Å². The topological polar surface area (TPSA) is 129 Å². The van der Waals surface area contributed by atoms with Crippen LogP contribution in [0.3, 0.4) is 0 Å². The SMILES string of the molecule is c1ccc(C(OCCOCCOCCOCCOCCOCCOCCOCCOCCOCCOCCOCCOC2CCCCO2)(c2ccccc2)c2ccccc2)cc1. The first-order chi connectivity index (χ1) is 30.9. The van der Waals surface area contributed by atoms with E-state index in [0.29, 0.717) is 159 Å². The van der Waals surface area contributed by atoms with Crippen molar-refractivity contribution >= 4 is 0 Å². The molecule has 1 unspecified atom stereocenters. The molecule has 1 atom stereocenters. The van der Waals surface area contributed by atoms with Crippen LogP contribution in [-0.4, -0.2) is 171 Å². The first-order valence-electron chi connectivity index (χ1n) is 22.3. The van der Waals surface area contributed by atoms with Gasteiger partial charge in [-0.15, -0.1) is 0 Å². The summed E-state index contributed by atoms with van der Waals surface area (Å²) in [6.07, 6.45) is 3.18. The van der Waals surface area contributed by atoms with E-state index in [0.717, 1.165) is 42.6 Å². The molecule has 4 rings (SSSR count). The Morgan fingerprint density at radius 1 is 0.339 bits per heavy atom. The third-order valence-electron chi connectivity index (χ3n) is 9.48. The van der Waals surface area contributed by atoms with Gasteiger partial charge in [0.25, 0.3) is 0 Å². The van der Waals surface area contributed by atoms with Crippen LogP contribution in [0.15, 0.2) is 91.0 Å². The van der Waals surface area contributed by atoms with Gasteiger partial charge in [0.05, 0.1) is 159 Å². The molecule has 3 aromatic carbocycles. The van der Waals surface area contributed by atoms with Crippen molar-refractivity contribution in [1.29, 1.82) is 0 Å². The first kappa shape index (κ1) is 51.7. The zero-order valence-electron chi connectivity index (χ0n) is 36.8. The third-order valence-corrected chi connectivity index (χ3v) is 9.48. The molecule has 0 radical (unpaired) electrons. The predicted molar refractivity (Wildman–Crippen MR) is 234 cm³/mol. The summed E-state index contributed by atoms with van der Waals surface area (Å²) < 4.78 is 79.2. The Balaban J connectivity index is 0.823. The van der Waals surface area contributed by atoms with E-state index >= 15 is 0 Å². The second-order valence-electron chi connectivity index (χ2n) is 14.0. The van der Waals surface area contributed by atoms with Gasteiger partial charge in [0.1, 0.15) is 5.60 Å². The third kappa shape index (κ3) is 23.2. The van der Waals surface area contributed by atoms with Gasteiger partial charge in [-0.3, -0.25) is 0 Å². The van der Waals surface area contributed by atoms with Crippen LogP contribution in [0.1, 0.15) is 36.0 Å². The normalized spacial score (nSPS) is 14.4. The van der Waals surface area contributed by atoms with Crippen LogP contribution < -0.4 is 0 Å². The number of ether oxygens (including phenoxy) is 14. The molecule has 1 heterocycles. The van der Waals surface area contributed by atoms with Crippen LogP contribution >= 0.6 is 0 Å². The van der Waals surface area contributed by atoms with Crippen LogP contribution in [-0.2, 0) is 71.9 Å². The molecule has 62 heavy (non-hydrogen) atoms. The zero-order valence-corrected chi connectivity index (χ0v) is 36.8. The van der Waals surface area contributed by atoms with E-state index < -0.39 is 5.60 Å². The Bertz CT molecular complexity index is 1300. The van der Waals surface area contributed by atoms with Crippen LogP contribution in [0.25, 0.3) is 0 Å². The highest BCUT2D eigenvalue weighted by Crippen LogP contribution is 2.40. The summed E-state index contributed by atoms with van der Waals surface area (Å²) in [6.45, 7) is 12.7. The molecule has 3 aromatic rings. The first-order valence-corrected chi connectivity index (χ1v) is 22.3. The average molecular weight is 873 g/mol. The van der Waals surface area contributed by atoms with Gasteiger partial charge in [-0.25, -0.2) is 0 Å². The van der Waals surface area contributed by atoms with Gasteiger partial charge >= 0.3 is 0 Å². The van der Waals surface area contributed by atoms with Gasteiger partial charge in [0.2, 0.25) is 0 Å². The number of rotatable bonds is 41. The summed E-state index contributed by atoms with van der Waals surface area (Å²) in [7, 11) is 0. The van der Waals surface area contributed by atoms with Gasteiger partial charge < -0.3 is 66.3 Å². The minimum atomic E-state index is -0.755. The molecule has 0 saturated carbocycles. The Hall–Kier alpha value is -2.90. The largest absolute Gasteiger partial charge is 0.377 e. The lowest BCUT2D eigenvalue weighted by Gasteiger charge is -2.36. The highest BCUT2D eigenvalue weighted by atomic mass is 16.7. The average Bonchev–Trinajstić information content (AvgIpc) is 3.32. The van der Waals surface area contributed by atoms with Crippen molar-refractivity contribution in [3.63, 3.8) is 0 Å². The summed E-state index contributed by atoms with van der Waals surface area (Å²) >= 11 is 0. The van der Waals surface area contributed by atoms with Crippen molar-refractivity contribution in [3.05, 3.63) is 108 Å².